The molecule has 98 valence electrons. The van der Waals surface area contributed by atoms with E-state index in [0.29, 0.717) is 12.2 Å². The lowest BCUT2D eigenvalue weighted by atomic mass is 10.2. The molecule has 1 unspecified atom stereocenters. The Morgan fingerprint density at radius 2 is 2.28 bits per heavy atom. The smallest absolute Gasteiger partial charge is 0.326 e. The molecule has 7 nitrogen and oxygen atoms in total. The van der Waals surface area contributed by atoms with Gasteiger partial charge < -0.3 is 10.4 Å². The van der Waals surface area contributed by atoms with Crippen molar-refractivity contribution in [3.63, 3.8) is 0 Å². The summed E-state index contributed by atoms with van der Waals surface area (Å²) in [6, 6.07) is -0.828. The van der Waals surface area contributed by atoms with E-state index in [1.165, 1.54) is 0 Å². The summed E-state index contributed by atoms with van der Waals surface area (Å²) in [7, 11) is 0. The largest absolute Gasteiger partial charge is 0.480 e. The van der Waals surface area contributed by atoms with Crippen LogP contribution in [0.1, 0.15) is 42.6 Å². The van der Waals surface area contributed by atoms with Gasteiger partial charge in [-0.2, -0.15) is 0 Å². The number of H-pyrrole nitrogens is 1. The number of hydrogen-bond acceptors (Lipinski definition) is 4. The highest BCUT2D eigenvalue weighted by Gasteiger charge is 2.37. The van der Waals surface area contributed by atoms with Crippen LogP contribution in [0.5, 0.6) is 0 Å². The van der Waals surface area contributed by atoms with Crippen molar-refractivity contribution < 1.29 is 14.7 Å². The zero-order valence-electron chi connectivity index (χ0n) is 10.1. The summed E-state index contributed by atoms with van der Waals surface area (Å²) in [5, 5.41) is 17.9. The highest BCUT2D eigenvalue weighted by Crippen LogP contribution is 2.32. The normalized spacial score (nSPS) is 16.3. The maximum Gasteiger partial charge on any atom is 0.326 e. The minimum Gasteiger partial charge on any atom is -0.480 e. The predicted octanol–water partition coefficient (Wildman–Crippen LogP) is 0.350. The number of amides is 1. The Morgan fingerprint density at radius 1 is 1.56 bits per heavy atom. The van der Waals surface area contributed by atoms with Crippen molar-refractivity contribution in [2.45, 2.75) is 38.6 Å². The minimum atomic E-state index is -1.00. The van der Waals surface area contributed by atoms with Gasteiger partial charge in [-0.25, -0.2) is 9.78 Å². The average Bonchev–Trinajstić information content (AvgIpc) is 3.05. The first-order valence-corrected chi connectivity index (χ1v) is 6.06. The molecular formula is C11H16N4O3. The van der Waals surface area contributed by atoms with Crippen LogP contribution in [0, 0.1) is 5.92 Å². The molecule has 0 spiro atoms. The molecule has 2 rings (SSSR count). The number of nitrogens with zero attached hydrogens (tertiary/aromatic N) is 2. The topological polar surface area (TPSA) is 108 Å². The Kier molecular flexibility index (Phi) is 3.59. The van der Waals surface area contributed by atoms with Crippen molar-refractivity contribution in [1.29, 1.82) is 0 Å². The molecule has 7 heteroatoms. The molecule has 0 radical (unpaired) electrons. The van der Waals surface area contributed by atoms with Gasteiger partial charge in [0.05, 0.1) is 0 Å². The van der Waals surface area contributed by atoms with Gasteiger partial charge in [0.2, 0.25) is 5.82 Å². The fourth-order valence-corrected chi connectivity index (χ4v) is 1.76. The van der Waals surface area contributed by atoms with E-state index in [-0.39, 0.29) is 11.7 Å². The number of carbonyl (C=O) groups excluding carboxylic acids is 1. The summed E-state index contributed by atoms with van der Waals surface area (Å²) in [4.78, 5) is 26.8. The highest BCUT2D eigenvalue weighted by molar-refractivity contribution is 5.93. The lowest BCUT2D eigenvalue weighted by molar-refractivity contribution is -0.139. The number of hydrogen-bond donors (Lipinski definition) is 3. The maximum absolute atomic E-state index is 11.8. The van der Waals surface area contributed by atoms with Gasteiger partial charge in [-0.1, -0.05) is 6.92 Å². The van der Waals surface area contributed by atoms with E-state index in [2.05, 4.69) is 20.5 Å². The quantitative estimate of drug-likeness (QED) is 0.677. The minimum absolute atomic E-state index is 0.00495. The van der Waals surface area contributed by atoms with Crippen LogP contribution in [-0.4, -0.2) is 38.2 Å². The van der Waals surface area contributed by atoms with Gasteiger partial charge in [0.1, 0.15) is 11.9 Å². The van der Waals surface area contributed by atoms with Crippen LogP contribution in [0.15, 0.2) is 0 Å². The second kappa shape index (κ2) is 5.16. The van der Waals surface area contributed by atoms with E-state index in [4.69, 9.17) is 5.11 Å². The Balaban J connectivity index is 1.99. The molecule has 1 fully saturated rings. The summed E-state index contributed by atoms with van der Waals surface area (Å²) < 4.78 is 0. The molecule has 1 aliphatic carbocycles. The van der Waals surface area contributed by atoms with Crippen molar-refractivity contribution >= 4 is 11.9 Å². The van der Waals surface area contributed by atoms with Gasteiger partial charge in [0.15, 0.2) is 0 Å². The van der Waals surface area contributed by atoms with Crippen LogP contribution in [0.4, 0.5) is 0 Å². The van der Waals surface area contributed by atoms with Crippen LogP contribution in [0.25, 0.3) is 0 Å². The van der Waals surface area contributed by atoms with Crippen LogP contribution in [-0.2, 0) is 11.2 Å². The number of carbonyl (C=O) groups is 2. The van der Waals surface area contributed by atoms with Crippen LogP contribution in [0.3, 0.4) is 0 Å². The standard InChI is InChI=1S/C11H16N4O3/c1-2-3-7-12-9(15-14-7)10(16)13-8(11(17)18)6-4-5-6/h6,8H,2-5H2,1H3,(H,13,16)(H,17,18)(H,12,14,15). The molecule has 1 amide bonds. The highest BCUT2D eigenvalue weighted by atomic mass is 16.4. The number of rotatable bonds is 6. The van der Waals surface area contributed by atoms with Crippen molar-refractivity contribution in [3.05, 3.63) is 11.6 Å². The third-order valence-electron chi connectivity index (χ3n) is 2.87. The number of aromatic amines is 1. The van der Waals surface area contributed by atoms with E-state index in [1.54, 1.807) is 0 Å². The second-order valence-electron chi connectivity index (χ2n) is 4.48. The summed E-state index contributed by atoms with van der Waals surface area (Å²) in [6.07, 6.45) is 3.29. The lowest BCUT2D eigenvalue weighted by Crippen LogP contribution is -2.42. The summed E-state index contributed by atoms with van der Waals surface area (Å²) in [5.41, 5.74) is 0. The summed E-state index contributed by atoms with van der Waals surface area (Å²) in [5.74, 6) is -0.852. The predicted molar refractivity (Wildman–Crippen MR) is 62.0 cm³/mol. The zero-order valence-corrected chi connectivity index (χ0v) is 10.1. The van der Waals surface area contributed by atoms with Crippen molar-refractivity contribution in [3.8, 4) is 0 Å². The number of carboxylic acid groups (broad SMARTS) is 1. The first-order valence-electron chi connectivity index (χ1n) is 6.06. The summed E-state index contributed by atoms with van der Waals surface area (Å²) >= 11 is 0. The molecule has 1 aromatic rings. The molecule has 0 aliphatic heterocycles. The van der Waals surface area contributed by atoms with Crippen LogP contribution >= 0.6 is 0 Å². The van der Waals surface area contributed by atoms with E-state index in [0.717, 1.165) is 19.3 Å². The number of carboxylic acids is 1. The van der Waals surface area contributed by atoms with Gasteiger partial charge in [-0.05, 0) is 25.2 Å². The van der Waals surface area contributed by atoms with Gasteiger partial charge in [-0.3, -0.25) is 9.89 Å². The number of nitrogens with one attached hydrogen (secondary N) is 2. The Hall–Kier alpha value is -1.92. The third-order valence-corrected chi connectivity index (χ3v) is 2.87. The Morgan fingerprint density at radius 3 is 2.83 bits per heavy atom. The molecule has 1 aromatic heterocycles. The Labute approximate surface area is 104 Å². The molecule has 0 saturated heterocycles. The SMILES string of the molecule is CCCc1nc(C(=O)NC(C(=O)O)C2CC2)n[nH]1. The van der Waals surface area contributed by atoms with Crippen LogP contribution in [0.2, 0.25) is 0 Å². The van der Waals surface area contributed by atoms with Gasteiger partial charge in [0.25, 0.3) is 5.91 Å². The second-order valence-corrected chi connectivity index (χ2v) is 4.48. The third kappa shape index (κ3) is 2.85. The van der Waals surface area contributed by atoms with Crippen molar-refractivity contribution in [2.24, 2.45) is 5.92 Å². The fourth-order valence-electron chi connectivity index (χ4n) is 1.76. The molecule has 1 aliphatic rings. The maximum atomic E-state index is 11.8. The molecule has 1 heterocycles. The first kappa shape index (κ1) is 12.5. The fraction of sp³-hybridized carbons (Fsp3) is 0.636. The number of aliphatic carboxylic acids is 1. The van der Waals surface area contributed by atoms with E-state index in [1.807, 2.05) is 6.92 Å². The van der Waals surface area contributed by atoms with Gasteiger partial charge >= 0.3 is 5.97 Å². The number of aromatic nitrogens is 3. The average molecular weight is 252 g/mol. The first-order chi connectivity index (χ1) is 8.61. The summed E-state index contributed by atoms with van der Waals surface area (Å²) in [6.45, 7) is 2.00. The molecule has 0 bridgehead atoms. The lowest BCUT2D eigenvalue weighted by Gasteiger charge is -2.11. The van der Waals surface area contributed by atoms with Crippen LogP contribution < -0.4 is 5.32 Å². The molecule has 1 saturated carbocycles. The zero-order chi connectivity index (χ0) is 13.1. The molecular weight excluding hydrogens is 236 g/mol. The van der Waals surface area contributed by atoms with E-state index in [9.17, 15) is 9.59 Å². The van der Waals surface area contributed by atoms with Gasteiger partial charge in [0, 0.05) is 6.42 Å². The molecule has 3 N–H and O–H groups in total. The Bertz CT molecular complexity index is 453. The molecule has 1 atom stereocenters. The van der Waals surface area contributed by atoms with E-state index >= 15 is 0 Å². The molecule has 0 aromatic carbocycles. The number of aryl methyl sites for hydroxylation is 1. The van der Waals surface area contributed by atoms with E-state index < -0.39 is 17.9 Å². The van der Waals surface area contributed by atoms with Crippen molar-refractivity contribution in [1.82, 2.24) is 20.5 Å². The van der Waals surface area contributed by atoms with Gasteiger partial charge in [-0.15, -0.1) is 5.10 Å². The molecule has 18 heavy (non-hydrogen) atoms. The monoisotopic (exact) mass is 252 g/mol. The van der Waals surface area contributed by atoms with Crippen molar-refractivity contribution in [2.75, 3.05) is 0 Å².